The van der Waals surface area contributed by atoms with Crippen LogP contribution in [-0.2, 0) is 11.2 Å². The van der Waals surface area contributed by atoms with Gasteiger partial charge in [-0.05, 0) is 69.7 Å². The Morgan fingerprint density at radius 1 is 1.18 bits per heavy atom. The highest BCUT2D eigenvalue weighted by Gasteiger charge is 2.45. The number of hydrogen-bond acceptors (Lipinski definition) is 7. The number of nitrogens with one attached hydrogen (secondary N) is 2. The molecule has 0 saturated carbocycles. The predicted octanol–water partition coefficient (Wildman–Crippen LogP) is 4.63. The first kappa shape index (κ1) is 25.2. The Hall–Kier alpha value is -3.08. The SMILES string of the molecule is COCCCCc1c(Cl)cc2[nH]ncc2c1-c1ncc2c(=O)[nH]c(OCC34CCCN3CCC4)nc2c1F. The Kier molecular flexibility index (Phi) is 6.79. The Labute approximate surface area is 223 Å². The van der Waals surface area contributed by atoms with E-state index in [1.807, 2.05) is 0 Å². The van der Waals surface area contributed by atoms with E-state index >= 15 is 4.39 Å². The third-order valence-electron chi connectivity index (χ3n) is 8.02. The smallest absolute Gasteiger partial charge is 0.297 e. The fraction of sp³-hybridized carbons (Fsp3) is 0.481. The molecule has 38 heavy (non-hydrogen) atoms. The third kappa shape index (κ3) is 4.34. The van der Waals surface area contributed by atoms with E-state index in [1.54, 1.807) is 19.4 Å². The average Bonchev–Trinajstić information content (AvgIpc) is 3.62. The summed E-state index contributed by atoms with van der Waals surface area (Å²) in [5, 5.41) is 8.31. The minimum atomic E-state index is -0.692. The average molecular weight is 541 g/mol. The summed E-state index contributed by atoms with van der Waals surface area (Å²) in [7, 11) is 1.66. The van der Waals surface area contributed by atoms with Crippen LogP contribution in [-0.4, -0.2) is 69.0 Å². The fourth-order valence-corrected chi connectivity index (χ4v) is 6.42. The van der Waals surface area contributed by atoms with E-state index in [1.165, 1.54) is 6.20 Å². The first-order valence-corrected chi connectivity index (χ1v) is 13.5. The van der Waals surface area contributed by atoms with Crippen LogP contribution in [0.2, 0.25) is 5.02 Å². The van der Waals surface area contributed by atoms with Crippen molar-refractivity contribution in [1.29, 1.82) is 0 Å². The molecule has 0 amide bonds. The van der Waals surface area contributed by atoms with Gasteiger partial charge in [-0.2, -0.15) is 10.1 Å². The number of methoxy groups -OCH3 is 1. The van der Waals surface area contributed by atoms with Gasteiger partial charge >= 0.3 is 0 Å². The van der Waals surface area contributed by atoms with Crippen LogP contribution in [0, 0.1) is 5.82 Å². The number of aromatic amines is 2. The van der Waals surface area contributed by atoms with Gasteiger partial charge in [0, 0.05) is 35.9 Å². The number of rotatable bonds is 9. The quantitative estimate of drug-likeness (QED) is 0.298. The van der Waals surface area contributed by atoms with E-state index in [-0.39, 0.29) is 28.1 Å². The molecule has 5 heterocycles. The van der Waals surface area contributed by atoms with Gasteiger partial charge in [-0.25, -0.2) is 4.39 Å². The largest absolute Gasteiger partial charge is 0.463 e. The molecule has 6 rings (SSSR count). The molecule has 2 aliphatic rings. The van der Waals surface area contributed by atoms with Crippen LogP contribution in [0.1, 0.15) is 44.1 Å². The molecule has 0 spiro atoms. The molecule has 0 unspecified atom stereocenters. The van der Waals surface area contributed by atoms with Crippen molar-refractivity contribution in [3.63, 3.8) is 0 Å². The fourth-order valence-electron chi connectivity index (χ4n) is 6.12. The Bertz CT molecular complexity index is 1540. The molecule has 1 aromatic carbocycles. The molecule has 0 aliphatic carbocycles. The van der Waals surface area contributed by atoms with Crippen molar-refractivity contribution >= 4 is 33.4 Å². The zero-order chi connectivity index (χ0) is 26.3. The van der Waals surface area contributed by atoms with Crippen molar-refractivity contribution in [1.82, 2.24) is 30.0 Å². The van der Waals surface area contributed by atoms with Crippen molar-refractivity contribution in [2.75, 3.05) is 33.4 Å². The number of fused-ring (bicyclic) bond motifs is 3. The van der Waals surface area contributed by atoms with E-state index < -0.39 is 11.4 Å². The summed E-state index contributed by atoms with van der Waals surface area (Å²) in [6.45, 7) is 3.16. The van der Waals surface area contributed by atoms with Crippen LogP contribution < -0.4 is 10.3 Å². The molecular weight excluding hydrogens is 511 g/mol. The van der Waals surface area contributed by atoms with Gasteiger partial charge in [0.2, 0.25) is 0 Å². The lowest BCUT2D eigenvalue weighted by atomic mass is 9.95. The van der Waals surface area contributed by atoms with E-state index in [2.05, 4.69) is 30.0 Å². The Balaban J connectivity index is 1.41. The van der Waals surface area contributed by atoms with Gasteiger partial charge in [0.25, 0.3) is 11.6 Å². The van der Waals surface area contributed by atoms with Crippen LogP contribution in [0.5, 0.6) is 6.01 Å². The molecule has 0 bridgehead atoms. The maximum absolute atomic E-state index is 16.2. The van der Waals surface area contributed by atoms with Gasteiger partial charge in [0.1, 0.15) is 17.8 Å². The van der Waals surface area contributed by atoms with Gasteiger partial charge in [-0.1, -0.05) is 11.6 Å². The second kappa shape index (κ2) is 10.2. The lowest BCUT2D eigenvalue weighted by Gasteiger charge is -2.31. The van der Waals surface area contributed by atoms with Gasteiger partial charge in [0.15, 0.2) is 5.82 Å². The number of halogens is 2. The number of ether oxygens (including phenoxy) is 2. The molecular formula is C27H30ClFN6O3. The molecule has 2 fully saturated rings. The van der Waals surface area contributed by atoms with Crippen LogP contribution in [0.15, 0.2) is 23.3 Å². The summed E-state index contributed by atoms with van der Waals surface area (Å²) in [5.41, 5.74) is 1.47. The zero-order valence-electron chi connectivity index (χ0n) is 21.3. The molecule has 2 aliphatic heterocycles. The number of pyridine rings is 1. The highest BCUT2D eigenvalue weighted by Crippen LogP contribution is 2.40. The van der Waals surface area contributed by atoms with Crippen LogP contribution in [0.4, 0.5) is 4.39 Å². The molecule has 2 saturated heterocycles. The maximum Gasteiger partial charge on any atom is 0.297 e. The van der Waals surface area contributed by atoms with Crippen molar-refractivity contribution in [2.24, 2.45) is 0 Å². The minimum absolute atomic E-state index is 0.0195. The molecule has 3 aromatic heterocycles. The standard InChI is InChI=1S/C27H30ClFN6O3/c1-37-11-3-2-6-16-19(28)12-20-17(14-31-34-20)21(16)24-22(29)23-18(13-30-24)25(36)33-26(32-23)38-15-27-7-4-9-35(27)10-5-8-27/h12-14H,2-11,15H2,1H3,(H,31,34)(H,32,33,36). The van der Waals surface area contributed by atoms with Crippen LogP contribution in [0.25, 0.3) is 33.1 Å². The van der Waals surface area contributed by atoms with Crippen molar-refractivity contribution in [3.8, 4) is 17.3 Å². The first-order valence-electron chi connectivity index (χ1n) is 13.1. The Morgan fingerprint density at radius 2 is 2.00 bits per heavy atom. The van der Waals surface area contributed by atoms with E-state index in [0.717, 1.165) is 57.2 Å². The predicted molar refractivity (Wildman–Crippen MR) is 143 cm³/mol. The van der Waals surface area contributed by atoms with Crippen LogP contribution in [0.3, 0.4) is 0 Å². The minimum Gasteiger partial charge on any atom is -0.463 e. The van der Waals surface area contributed by atoms with Crippen LogP contribution >= 0.6 is 11.6 Å². The summed E-state index contributed by atoms with van der Waals surface area (Å²) < 4.78 is 27.4. The number of hydrogen-bond donors (Lipinski definition) is 2. The van der Waals surface area contributed by atoms with Gasteiger partial charge < -0.3 is 9.47 Å². The second-order valence-corrected chi connectivity index (χ2v) is 10.7. The monoisotopic (exact) mass is 540 g/mol. The van der Waals surface area contributed by atoms with E-state index in [0.29, 0.717) is 41.1 Å². The number of nitrogens with zero attached hydrogens (tertiary/aromatic N) is 4. The van der Waals surface area contributed by atoms with E-state index in [4.69, 9.17) is 21.1 Å². The highest BCUT2D eigenvalue weighted by molar-refractivity contribution is 6.33. The number of unbranched alkanes of at least 4 members (excludes halogenated alkanes) is 1. The molecule has 0 radical (unpaired) electrons. The van der Waals surface area contributed by atoms with E-state index in [9.17, 15) is 4.79 Å². The summed E-state index contributed by atoms with van der Waals surface area (Å²) >= 11 is 6.67. The molecule has 11 heteroatoms. The lowest BCUT2D eigenvalue weighted by molar-refractivity contribution is 0.107. The topological polar surface area (TPSA) is 109 Å². The number of benzene rings is 1. The Morgan fingerprint density at radius 3 is 2.79 bits per heavy atom. The van der Waals surface area contributed by atoms with Gasteiger partial charge in [0.05, 0.1) is 22.6 Å². The summed E-state index contributed by atoms with van der Waals surface area (Å²) in [6, 6.07) is 1.81. The molecule has 0 atom stereocenters. The second-order valence-electron chi connectivity index (χ2n) is 10.3. The normalized spacial score (nSPS) is 17.0. The summed E-state index contributed by atoms with van der Waals surface area (Å²) in [5.74, 6) is -0.692. The maximum atomic E-state index is 16.2. The molecule has 4 aromatic rings. The van der Waals surface area contributed by atoms with Crippen molar-refractivity contribution in [2.45, 2.75) is 50.5 Å². The third-order valence-corrected chi connectivity index (χ3v) is 8.36. The summed E-state index contributed by atoms with van der Waals surface area (Å²) in [4.78, 5) is 26.8. The molecule has 2 N–H and O–H groups in total. The lowest BCUT2D eigenvalue weighted by Crippen LogP contribution is -2.43. The van der Waals surface area contributed by atoms with Gasteiger partial charge in [-0.3, -0.25) is 24.8 Å². The van der Waals surface area contributed by atoms with Crippen molar-refractivity contribution in [3.05, 3.63) is 45.2 Å². The summed E-state index contributed by atoms with van der Waals surface area (Å²) in [6.07, 6.45) is 9.60. The molecule has 9 nitrogen and oxygen atoms in total. The van der Waals surface area contributed by atoms with Crippen molar-refractivity contribution < 1.29 is 13.9 Å². The molecule has 200 valence electrons. The highest BCUT2D eigenvalue weighted by atomic mass is 35.5. The van der Waals surface area contributed by atoms with Gasteiger partial charge in [-0.15, -0.1) is 0 Å². The number of H-pyrrole nitrogens is 2. The number of aromatic nitrogens is 5. The zero-order valence-corrected chi connectivity index (χ0v) is 22.0. The first-order chi connectivity index (χ1) is 18.5.